The van der Waals surface area contributed by atoms with Crippen LogP contribution in [-0.4, -0.2) is 22.9 Å². The van der Waals surface area contributed by atoms with Gasteiger partial charge in [0.1, 0.15) is 11.4 Å². The van der Waals surface area contributed by atoms with Crippen molar-refractivity contribution in [2.45, 2.75) is 6.54 Å². The van der Waals surface area contributed by atoms with E-state index >= 15 is 0 Å². The molecule has 0 radical (unpaired) electrons. The van der Waals surface area contributed by atoms with Crippen LogP contribution in [0, 0.1) is 0 Å². The lowest BCUT2D eigenvalue weighted by Crippen LogP contribution is -2.32. The predicted octanol–water partition coefficient (Wildman–Crippen LogP) is 1.52. The fraction of sp³-hybridized carbons (Fsp3) is 0.167. The van der Waals surface area contributed by atoms with Crippen LogP contribution in [-0.2, 0) is 6.54 Å². The van der Waals surface area contributed by atoms with Gasteiger partial charge in [0.25, 0.3) is 0 Å². The smallest absolute Gasteiger partial charge is 0.320 e. The van der Waals surface area contributed by atoms with E-state index in [0.29, 0.717) is 12.4 Å². The minimum Gasteiger partial charge on any atom is -0.494 e. The van der Waals surface area contributed by atoms with E-state index in [1.54, 1.807) is 11.8 Å². The minimum absolute atomic E-state index is 0.229. The summed E-state index contributed by atoms with van der Waals surface area (Å²) < 4.78 is 6.99. The largest absolute Gasteiger partial charge is 0.494 e. The molecule has 0 saturated carbocycles. The number of urea groups is 1. The first-order valence-corrected chi connectivity index (χ1v) is 5.55. The molecule has 92 valence electrons. The lowest BCUT2D eigenvalue weighted by Gasteiger charge is -2.11. The number of carbonyl (C=O) groups is 1. The highest BCUT2D eigenvalue weighted by Crippen LogP contribution is 2.25. The normalized spacial score (nSPS) is 13.5. The fourth-order valence-corrected chi connectivity index (χ4v) is 1.91. The van der Waals surface area contributed by atoms with Crippen LogP contribution in [0.15, 0.2) is 30.5 Å². The molecule has 1 aromatic carbocycles. The van der Waals surface area contributed by atoms with Gasteiger partial charge in [-0.1, -0.05) is 12.1 Å². The van der Waals surface area contributed by atoms with E-state index in [-0.39, 0.29) is 6.03 Å². The first kappa shape index (κ1) is 10.6. The second-order valence-corrected chi connectivity index (χ2v) is 3.93. The number of amides is 2. The maximum Gasteiger partial charge on any atom is 0.320 e. The zero-order chi connectivity index (χ0) is 12.5. The highest BCUT2D eigenvalue weighted by atomic mass is 16.5. The van der Waals surface area contributed by atoms with Crippen molar-refractivity contribution >= 4 is 11.8 Å². The van der Waals surface area contributed by atoms with E-state index in [9.17, 15) is 4.79 Å². The first-order chi connectivity index (χ1) is 8.78. The van der Waals surface area contributed by atoms with Gasteiger partial charge in [0.05, 0.1) is 7.11 Å². The number of para-hydroxylation sites is 2. The number of hydrogen-bond donors (Lipinski definition) is 2. The molecule has 2 amide bonds. The van der Waals surface area contributed by atoms with Gasteiger partial charge in [-0.05, 0) is 12.1 Å². The number of fused-ring (bicyclic) bond motifs is 1. The van der Waals surface area contributed by atoms with Crippen molar-refractivity contribution in [3.8, 4) is 11.4 Å². The summed E-state index contributed by atoms with van der Waals surface area (Å²) in [4.78, 5) is 11.2. The van der Waals surface area contributed by atoms with Crippen LogP contribution in [0.25, 0.3) is 5.69 Å². The third-order valence-electron chi connectivity index (χ3n) is 2.79. The molecule has 2 heterocycles. The Morgan fingerprint density at radius 3 is 3.06 bits per heavy atom. The van der Waals surface area contributed by atoms with Gasteiger partial charge in [-0.3, -0.25) is 5.32 Å². The Kier molecular flexibility index (Phi) is 2.40. The summed E-state index contributed by atoms with van der Waals surface area (Å²) in [5.74, 6) is 1.32. The molecule has 1 aliphatic rings. The van der Waals surface area contributed by atoms with Gasteiger partial charge >= 0.3 is 6.03 Å². The predicted molar refractivity (Wildman–Crippen MR) is 66.0 cm³/mol. The molecule has 3 rings (SSSR count). The summed E-state index contributed by atoms with van der Waals surface area (Å²) in [5, 5.41) is 9.71. The maximum absolute atomic E-state index is 11.2. The molecule has 0 bridgehead atoms. The Morgan fingerprint density at radius 2 is 2.22 bits per heavy atom. The van der Waals surface area contributed by atoms with E-state index in [1.165, 1.54) is 0 Å². The number of aromatic nitrogens is 2. The number of carbonyl (C=O) groups excluding carboxylic acids is 1. The van der Waals surface area contributed by atoms with Crippen LogP contribution in [0.1, 0.15) is 5.56 Å². The van der Waals surface area contributed by atoms with Crippen LogP contribution in [0.4, 0.5) is 10.6 Å². The summed E-state index contributed by atoms with van der Waals surface area (Å²) >= 11 is 0. The van der Waals surface area contributed by atoms with E-state index < -0.39 is 0 Å². The molecule has 0 aliphatic carbocycles. The van der Waals surface area contributed by atoms with Crippen molar-refractivity contribution in [1.29, 1.82) is 0 Å². The number of nitrogens with one attached hydrogen (secondary N) is 2. The molecule has 2 aromatic rings. The standard InChI is InChI=1S/C12H12N4O2/c1-18-10-5-3-2-4-9(10)16-7-8-6-13-12(17)14-11(8)15-16/h2-5,7H,6H2,1H3,(H2,13,14,15,17). The van der Waals surface area contributed by atoms with E-state index in [1.807, 2.05) is 30.5 Å². The van der Waals surface area contributed by atoms with E-state index in [0.717, 1.165) is 17.0 Å². The number of nitrogens with zero attached hydrogens (tertiary/aromatic N) is 2. The molecule has 18 heavy (non-hydrogen) atoms. The minimum atomic E-state index is -0.229. The summed E-state index contributed by atoms with van der Waals surface area (Å²) in [6.45, 7) is 0.482. The summed E-state index contributed by atoms with van der Waals surface area (Å²) in [5.41, 5.74) is 1.78. The molecule has 2 N–H and O–H groups in total. The third-order valence-corrected chi connectivity index (χ3v) is 2.79. The third kappa shape index (κ3) is 1.67. The second-order valence-electron chi connectivity index (χ2n) is 3.93. The molecule has 0 spiro atoms. The maximum atomic E-state index is 11.2. The van der Waals surface area contributed by atoms with Gasteiger partial charge in [-0.25, -0.2) is 9.48 Å². The van der Waals surface area contributed by atoms with Gasteiger partial charge in [0, 0.05) is 18.3 Å². The SMILES string of the molecule is COc1ccccc1-n1cc2c(n1)NC(=O)NC2. The fourth-order valence-electron chi connectivity index (χ4n) is 1.91. The van der Waals surface area contributed by atoms with Gasteiger partial charge in [0.15, 0.2) is 5.82 Å². The van der Waals surface area contributed by atoms with Crippen molar-refractivity contribution in [3.05, 3.63) is 36.0 Å². The zero-order valence-corrected chi connectivity index (χ0v) is 9.80. The van der Waals surface area contributed by atoms with Crippen LogP contribution >= 0.6 is 0 Å². The van der Waals surface area contributed by atoms with E-state index in [2.05, 4.69) is 15.7 Å². The number of ether oxygens (including phenoxy) is 1. The Labute approximate surface area is 104 Å². The van der Waals surface area contributed by atoms with Crippen molar-refractivity contribution in [2.24, 2.45) is 0 Å². The summed E-state index contributed by atoms with van der Waals surface area (Å²) in [6, 6.07) is 7.36. The number of rotatable bonds is 2. The Morgan fingerprint density at radius 1 is 1.39 bits per heavy atom. The Bertz CT molecular complexity index is 606. The molecule has 0 saturated heterocycles. The number of anilines is 1. The highest BCUT2D eigenvalue weighted by molar-refractivity contribution is 5.90. The topological polar surface area (TPSA) is 68.2 Å². The molecule has 1 aliphatic heterocycles. The summed E-state index contributed by atoms with van der Waals surface area (Å²) in [7, 11) is 1.62. The van der Waals surface area contributed by atoms with Crippen molar-refractivity contribution in [1.82, 2.24) is 15.1 Å². The molecule has 1 aromatic heterocycles. The molecular formula is C12H12N4O2. The van der Waals surface area contributed by atoms with Gasteiger partial charge in [-0.15, -0.1) is 5.10 Å². The average molecular weight is 244 g/mol. The highest BCUT2D eigenvalue weighted by Gasteiger charge is 2.18. The molecule has 6 heteroatoms. The second kappa shape index (κ2) is 4.06. The molecule has 0 fully saturated rings. The molecular weight excluding hydrogens is 232 g/mol. The summed E-state index contributed by atoms with van der Waals surface area (Å²) in [6.07, 6.45) is 1.87. The van der Waals surface area contributed by atoms with Crippen molar-refractivity contribution in [2.75, 3.05) is 12.4 Å². The van der Waals surface area contributed by atoms with Crippen LogP contribution in [0.5, 0.6) is 5.75 Å². The quantitative estimate of drug-likeness (QED) is 0.841. The average Bonchev–Trinajstić information content (AvgIpc) is 2.81. The number of benzene rings is 1. The van der Waals surface area contributed by atoms with Crippen molar-refractivity contribution < 1.29 is 9.53 Å². The number of methoxy groups -OCH3 is 1. The molecule has 0 unspecified atom stereocenters. The first-order valence-electron chi connectivity index (χ1n) is 5.55. The Balaban J connectivity index is 2.05. The lowest BCUT2D eigenvalue weighted by atomic mass is 10.3. The monoisotopic (exact) mass is 244 g/mol. The van der Waals surface area contributed by atoms with Crippen LogP contribution in [0.3, 0.4) is 0 Å². The lowest BCUT2D eigenvalue weighted by molar-refractivity contribution is 0.251. The molecule has 6 nitrogen and oxygen atoms in total. The van der Waals surface area contributed by atoms with Crippen LogP contribution < -0.4 is 15.4 Å². The van der Waals surface area contributed by atoms with Gasteiger partial charge in [0.2, 0.25) is 0 Å². The molecule has 0 atom stereocenters. The van der Waals surface area contributed by atoms with Crippen LogP contribution in [0.2, 0.25) is 0 Å². The van der Waals surface area contributed by atoms with Gasteiger partial charge < -0.3 is 10.1 Å². The zero-order valence-electron chi connectivity index (χ0n) is 9.80. The van der Waals surface area contributed by atoms with Crippen molar-refractivity contribution in [3.63, 3.8) is 0 Å². The van der Waals surface area contributed by atoms with E-state index in [4.69, 9.17) is 4.74 Å². The van der Waals surface area contributed by atoms with Gasteiger partial charge in [-0.2, -0.15) is 0 Å². The number of hydrogen-bond acceptors (Lipinski definition) is 3. The Hall–Kier alpha value is -2.50.